The predicted octanol–water partition coefficient (Wildman–Crippen LogP) is 4.51. The molecule has 2 aromatic carbocycles. The van der Waals surface area contributed by atoms with E-state index < -0.39 is 0 Å². The molecule has 2 fully saturated rings. The first-order valence-corrected chi connectivity index (χ1v) is 12.6. The number of urea groups is 1. The van der Waals surface area contributed by atoms with Gasteiger partial charge in [-0.3, -0.25) is 0 Å². The summed E-state index contributed by atoms with van der Waals surface area (Å²) in [7, 11) is 0. The Kier molecular flexibility index (Phi) is 7.33. The number of piperidine rings is 1. The summed E-state index contributed by atoms with van der Waals surface area (Å²) < 4.78 is 13.3. The standard InChI is InChI=1S/C28H34N4O3/c1-2-22-8-10-23(11-9-22)24-16-25(18-32(17-24)28(33)31-12-14-34-15-13-31)27-19-30(20-29-27)21-35-26-6-4-3-5-7-26/h3-11,19-20,24-25H,2,12-18,21H2,1H3. The zero-order valence-electron chi connectivity index (χ0n) is 20.4. The highest BCUT2D eigenvalue weighted by Crippen LogP contribution is 2.36. The van der Waals surface area contributed by atoms with Crippen LogP contribution in [0.15, 0.2) is 67.1 Å². The number of rotatable bonds is 6. The van der Waals surface area contributed by atoms with Crippen molar-refractivity contribution in [3.8, 4) is 5.75 Å². The molecule has 7 heteroatoms. The third-order valence-electron chi connectivity index (χ3n) is 7.06. The van der Waals surface area contributed by atoms with Crippen molar-refractivity contribution in [3.63, 3.8) is 0 Å². The summed E-state index contributed by atoms with van der Waals surface area (Å²) in [6, 6.07) is 18.8. The van der Waals surface area contributed by atoms with Crippen molar-refractivity contribution in [2.24, 2.45) is 0 Å². The maximum absolute atomic E-state index is 13.4. The lowest BCUT2D eigenvalue weighted by atomic mass is 9.83. The van der Waals surface area contributed by atoms with Crippen LogP contribution >= 0.6 is 0 Å². The zero-order valence-corrected chi connectivity index (χ0v) is 20.4. The van der Waals surface area contributed by atoms with Crippen LogP contribution in [0.5, 0.6) is 5.75 Å². The molecule has 2 atom stereocenters. The highest BCUT2D eigenvalue weighted by atomic mass is 16.5. The van der Waals surface area contributed by atoms with Gasteiger partial charge in [0.2, 0.25) is 0 Å². The molecule has 0 bridgehead atoms. The fraction of sp³-hybridized carbons (Fsp3) is 0.429. The van der Waals surface area contributed by atoms with Gasteiger partial charge in [-0.2, -0.15) is 0 Å². The van der Waals surface area contributed by atoms with Crippen molar-refractivity contribution < 1.29 is 14.3 Å². The summed E-state index contributed by atoms with van der Waals surface area (Å²) in [6.45, 7) is 6.51. The molecule has 2 unspecified atom stereocenters. The average molecular weight is 475 g/mol. The molecule has 0 aliphatic carbocycles. The SMILES string of the molecule is CCc1ccc(C2CC(c3cn(COc4ccccc4)cn3)CN(C(=O)N3CCOCC3)C2)cc1. The van der Waals surface area contributed by atoms with E-state index in [4.69, 9.17) is 14.5 Å². The Balaban J connectivity index is 1.33. The highest BCUT2D eigenvalue weighted by Gasteiger charge is 2.35. The van der Waals surface area contributed by atoms with Gasteiger partial charge in [-0.05, 0) is 36.1 Å². The third kappa shape index (κ3) is 5.68. The normalized spacial score (nSPS) is 20.6. The van der Waals surface area contributed by atoms with Crippen LogP contribution in [0.1, 0.15) is 42.0 Å². The molecule has 35 heavy (non-hydrogen) atoms. The van der Waals surface area contributed by atoms with Crippen LogP contribution in [0.3, 0.4) is 0 Å². The number of carbonyl (C=O) groups is 1. The summed E-state index contributed by atoms with van der Waals surface area (Å²) in [5.74, 6) is 1.27. The van der Waals surface area contributed by atoms with E-state index in [9.17, 15) is 4.79 Å². The predicted molar refractivity (Wildman–Crippen MR) is 135 cm³/mol. The van der Waals surface area contributed by atoms with Crippen LogP contribution < -0.4 is 4.74 Å². The summed E-state index contributed by atoms with van der Waals surface area (Å²) in [5.41, 5.74) is 3.63. The minimum absolute atomic E-state index is 0.111. The van der Waals surface area contributed by atoms with Crippen molar-refractivity contribution in [1.29, 1.82) is 0 Å². The lowest BCUT2D eigenvalue weighted by molar-refractivity contribution is 0.0398. The Bertz CT molecular complexity index is 1090. The molecule has 3 aromatic rings. The summed E-state index contributed by atoms with van der Waals surface area (Å²) >= 11 is 0. The van der Waals surface area contributed by atoms with E-state index >= 15 is 0 Å². The molecule has 2 saturated heterocycles. The van der Waals surface area contributed by atoms with E-state index in [1.165, 1.54) is 11.1 Å². The molecule has 2 aliphatic rings. The van der Waals surface area contributed by atoms with Gasteiger partial charge < -0.3 is 23.8 Å². The summed E-state index contributed by atoms with van der Waals surface area (Å²) in [6.07, 6.45) is 5.88. The number of aryl methyl sites for hydroxylation is 1. The van der Waals surface area contributed by atoms with E-state index in [0.29, 0.717) is 39.6 Å². The fourth-order valence-electron chi connectivity index (χ4n) is 5.02. The van der Waals surface area contributed by atoms with E-state index in [-0.39, 0.29) is 17.9 Å². The molecule has 1 aromatic heterocycles. The smallest absolute Gasteiger partial charge is 0.320 e. The van der Waals surface area contributed by atoms with Gasteiger partial charge in [0, 0.05) is 44.2 Å². The average Bonchev–Trinajstić information content (AvgIpc) is 3.42. The largest absolute Gasteiger partial charge is 0.473 e. The van der Waals surface area contributed by atoms with Crippen LogP contribution in [-0.4, -0.2) is 64.8 Å². The molecule has 0 radical (unpaired) electrons. The van der Waals surface area contributed by atoms with Crippen molar-refractivity contribution in [2.45, 2.75) is 38.3 Å². The van der Waals surface area contributed by atoms with Gasteiger partial charge in [0.15, 0.2) is 6.73 Å². The summed E-state index contributed by atoms with van der Waals surface area (Å²) in [4.78, 5) is 22.1. The second kappa shape index (κ2) is 11.0. The minimum atomic E-state index is 0.111. The molecule has 2 aliphatic heterocycles. The monoisotopic (exact) mass is 474 g/mol. The molecular formula is C28H34N4O3. The second-order valence-electron chi connectivity index (χ2n) is 9.41. The Morgan fingerprint density at radius 2 is 1.74 bits per heavy atom. The van der Waals surface area contributed by atoms with Crippen LogP contribution in [0.4, 0.5) is 4.79 Å². The van der Waals surface area contributed by atoms with Crippen LogP contribution in [-0.2, 0) is 17.9 Å². The molecule has 5 rings (SSSR count). The number of nitrogens with zero attached hydrogens (tertiary/aromatic N) is 4. The second-order valence-corrected chi connectivity index (χ2v) is 9.41. The Hall–Kier alpha value is -3.32. The van der Waals surface area contributed by atoms with Crippen molar-refractivity contribution in [1.82, 2.24) is 19.4 Å². The fourth-order valence-corrected chi connectivity index (χ4v) is 5.02. The lowest BCUT2D eigenvalue weighted by Gasteiger charge is -2.40. The van der Waals surface area contributed by atoms with Gasteiger partial charge >= 0.3 is 6.03 Å². The molecule has 184 valence electrons. The van der Waals surface area contributed by atoms with Crippen LogP contribution in [0.25, 0.3) is 0 Å². The number of amides is 2. The number of benzene rings is 2. The van der Waals surface area contributed by atoms with Gasteiger partial charge in [0.05, 0.1) is 25.2 Å². The Labute approximate surface area is 207 Å². The first-order valence-electron chi connectivity index (χ1n) is 12.6. The number of carbonyl (C=O) groups excluding carboxylic acids is 1. The number of para-hydroxylation sites is 1. The summed E-state index contributed by atoms with van der Waals surface area (Å²) in [5, 5.41) is 0. The third-order valence-corrected chi connectivity index (χ3v) is 7.06. The van der Waals surface area contributed by atoms with E-state index in [1.54, 1.807) is 0 Å². The zero-order chi connectivity index (χ0) is 24.0. The number of aromatic nitrogens is 2. The van der Waals surface area contributed by atoms with E-state index in [1.807, 2.05) is 51.0 Å². The first-order chi connectivity index (χ1) is 17.2. The number of imidazole rings is 1. The Morgan fingerprint density at radius 1 is 1.00 bits per heavy atom. The quantitative estimate of drug-likeness (QED) is 0.528. The lowest BCUT2D eigenvalue weighted by Crippen LogP contribution is -2.52. The molecule has 3 heterocycles. The molecular weight excluding hydrogens is 440 g/mol. The number of ether oxygens (including phenoxy) is 2. The van der Waals surface area contributed by atoms with Crippen molar-refractivity contribution in [3.05, 3.63) is 83.9 Å². The number of likely N-dealkylation sites (tertiary alicyclic amines) is 1. The van der Waals surface area contributed by atoms with Gasteiger partial charge in [-0.25, -0.2) is 9.78 Å². The first kappa shape index (κ1) is 23.4. The molecule has 7 nitrogen and oxygen atoms in total. The number of hydrogen-bond acceptors (Lipinski definition) is 4. The van der Waals surface area contributed by atoms with Crippen molar-refractivity contribution >= 4 is 6.03 Å². The van der Waals surface area contributed by atoms with Gasteiger partial charge in [-0.1, -0.05) is 49.4 Å². The van der Waals surface area contributed by atoms with Crippen LogP contribution in [0, 0.1) is 0 Å². The molecule has 0 spiro atoms. The maximum Gasteiger partial charge on any atom is 0.320 e. The van der Waals surface area contributed by atoms with Gasteiger partial charge in [-0.15, -0.1) is 0 Å². The van der Waals surface area contributed by atoms with Gasteiger partial charge in [0.25, 0.3) is 0 Å². The van der Waals surface area contributed by atoms with Gasteiger partial charge in [0.1, 0.15) is 5.75 Å². The minimum Gasteiger partial charge on any atom is -0.473 e. The number of morpholine rings is 1. The van der Waals surface area contributed by atoms with E-state index in [0.717, 1.165) is 30.8 Å². The van der Waals surface area contributed by atoms with E-state index in [2.05, 4.69) is 37.4 Å². The topological polar surface area (TPSA) is 59.8 Å². The molecule has 0 N–H and O–H groups in total. The van der Waals surface area contributed by atoms with Crippen molar-refractivity contribution in [2.75, 3.05) is 39.4 Å². The van der Waals surface area contributed by atoms with Crippen LogP contribution in [0.2, 0.25) is 0 Å². The number of hydrogen-bond donors (Lipinski definition) is 0. The molecule has 0 saturated carbocycles. The molecule has 2 amide bonds. The Morgan fingerprint density at radius 3 is 2.49 bits per heavy atom. The maximum atomic E-state index is 13.4. The highest BCUT2D eigenvalue weighted by molar-refractivity contribution is 5.75.